The van der Waals surface area contributed by atoms with E-state index in [1.54, 1.807) is 12.1 Å². The molecule has 0 aliphatic heterocycles. The summed E-state index contributed by atoms with van der Waals surface area (Å²) in [4.78, 5) is 11.5. The summed E-state index contributed by atoms with van der Waals surface area (Å²) in [6, 6.07) is 10.9. The van der Waals surface area contributed by atoms with Gasteiger partial charge in [-0.2, -0.15) is 13.2 Å². The Morgan fingerprint density at radius 2 is 1.82 bits per heavy atom. The third-order valence-corrected chi connectivity index (χ3v) is 3.18. The standard InChI is InChI=1S/C16H13F3O3/c1-22-15(21)14(20)13-8-3-2-7-12(13)10-5-4-6-11(9-10)16(17,18)19/h2-9,14,20H,1H3. The fourth-order valence-corrected chi connectivity index (χ4v) is 2.10. The van der Waals surface area contributed by atoms with Gasteiger partial charge >= 0.3 is 12.1 Å². The van der Waals surface area contributed by atoms with Gasteiger partial charge in [-0.15, -0.1) is 0 Å². The smallest absolute Gasteiger partial charge is 0.416 e. The molecule has 0 heterocycles. The first kappa shape index (κ1) is 16.0. The number of hydrogen-bond donors (Lipinski definition) is 1. The van der Waals surface area contributed by atoms with Crippen molar-refractivity contribution in [3.05, 3.63) is 59.7 Å². The molecule has 0 spiro atoms. The molecule has 0 aromatic heterocycles. The van der Waals surface area contributed by atoms with Gasteiger partial charge in [0, 0.05) is 0 Å². The molecule has 6 heteroatoms. The topological polar surface area (TPSA) is 46.5 Å². The number of carbonyl (C=O) groups excluding carboxylic acids is 1. The van der Waals surface area contributed by atoms with Gasteiger partial charge in [0.1, 0.15) is 0 Å². The number of methoxy groups -OCH3 is 1. The zero-order valence-electron chi connectivity index (χ0n) is 11.6. The van der Waals surface area contributed by atoms with Crippen LogP contribution in [0.5, 0.6) is 0 Å². The van der Waals surface area contributed by atoms with Crippen LogP contribution in [0.2, 0.25) is 0 Å². The molecule has 0 aliphatic rings. The molecule has 0 saturated heterocycles. The molecule has 3 nitrogen and oxygen atoms in total. The summed E-state index contributed by atoms with van der Waals surface area (Å²) in [6.07, 6.45) is -6.03. The maximum atomic E-state index is 12.8. The molecule has 2 aromatic rings. The highest BCUT2D eigenvalue weighted by atomic mass is 19.4. The molecular weight excluding hydrogens is 297 g/mol. The number of rotatable bonds is 3. The number of aliphatic hydroxyl groups is 1. The molecule has 0 saturated carbocycles. The van der Waals surface area contributed by atoms with Crippen LogP contribution < -0.4 is 0 Å². The Balaban J connectivity index is 2.52. The zero-order chi connectivity index (χ0) is 16.3. The van der Waals surface area contributed by atoms with Gasteiger partial charge in [0.2, 0.25) is 0 Å². The van der Waals surface area contributed by atoms with Crippen molar-refractivity contribution in [2.24, 2.45) is 0 Å². The van der Waals surface area contributed by atoms with E-state index in [1.165, 1.54) is 24.3 Å². The van der Waals surface area contributed by atoms with Crippen LogP contribution in [0, 0.1) is 0 Å². The van der Waals surface area contributed by atoms with Crippen molar-refractivity contribution in [2.75, 3.05) is 7.11 Å². The summed E-state index contributed by atoms with van der Waals surface area (Å²) < 4.78 is 42.9. The number of benzene rings is 2. The molecule has 0 radical (unpaired) electrons. The normalized spacial score (nSPS) is 12.8. The summed E-state index contributed by atoms with van der Waals surface area (Å²) in [5.41, 5.74) is -0.0130. The minimum Gasteiger partial charge on any atom is -0.467 e. The summed E-state index contributed by atoms with van der Waals surface area (Å²) in [5, 5.41) is 9.96. The first-order valence-corrected chi connectivity index (χ1v) is 6.37. The van der Waals surface area contributed by atoms with Crippen LogP contribution in [0.15, 0.2) is 48.5 Å². The van der Waals surface area contributed by atoms with Gasteiger partial charge in [-0.1, -0.05) is 36.4 Å². The van der Waals surface area contributed by atoms with E-state index in [0.29, 0.717) is 5.56 Å². The van der Waals surface area contributed by atoms with Crippen LogP contribution in [-0.2, 0) is 15.7 Å². The van der Waals surface area contributed by atoms with Gasteiger partial charge in [0.05, 0.1) is 12.7 Å². The number of carbonyl (C=O) groups is 1. The maximum Gasteiger partial charge on any atom is 0.416 e. The summed E-state index contributed by atoms with van der Waals surface area (Å²) >= 11 is 0. The Morgan fingerprint density at radius 3 is 2.45 bits per heavy atom. The molecular formula is C16H13F3O3. The Kier molecular flexibility index (Phi) is 4.51. The highest BCUT2D eigenvalue weighted by Gasteiger charge is 2.31. The Hall–Kier alpha value is -2.34. The molecule has 0 amide bonds. The number of ether oxygens (including phenoxy) is 1. The van der Waals surface area contributed by atoms with Gasteiger partial charge in [-0.25, -0.2) is 4.79 Å². The second-order valence-electron chi connectivity index (χ2n) is 4.59. The van der Waals surface area contributed by atoms with E-state index in [1.807, 2.05) is 0 Å². The van der Waals surface area contributed by atoms with Gasteiger partial charge in [-0.3, -0.25) is 0 Å². The van der Waals surface area contributed by atoms with Crippen LogP contribution in [-0.4, -0.2) is 18.2 Å². The second-order valence-corrected chi connectivity index (χ2v) is 4.59. The van der Waals surface area contributed by atoms with E-state index < -0.39 is 23.8 Å². The second kappa shape index (κ2) is 6.19. The molecule has 0 aliphatic carbocycles. The van der Waals surface area contributed by atoms with E-state index in [4.69, 9.17) is 0 Å². The molecule has 0 fully saturated rings. The van der Waals surface area contributed by atoms with Crippen molar-refractivity contribution in [1.82, 2.24) is 0 Å². The van der Waals surface area contributed by atoms with E-state index in [0.717, 1.165) is 19.2 Å². The van der Waals surface area contributed by atoms with Crippen LogP contribution >= 0.6 is 0 Å². The lowest BCUT2D eigenvalue weighted by atomic mass is 9.95. The molecule has 1 atom stereocenters. The van der Waals surface area contributed by atoms with Crippen molar-refractivity contribution >= 4 is 5.97 Å². The average Bonchev–Trinajstić information content (AvgIpc) is 2.52. The predicted octanol–water partition coefficient (Wildman–Crippen LogP) is 3.58. The van der Waals surface area contributed by atoms with Gasteiger partial charge < -0.3 is 9.84 Å². The number of aliphatic hydroxyl groups excluding tert-OH is 1. The van der Waals surface area contributed by atoms with Gasteiger partial charge in [-0.05, 0) is 28.8 Å². The van der Waals surface area contributed by atoms with Gasteiger partial charge in [0.25, 0.3) is 0 Å². The van der Waals surface area contributed by atoms with Crippen LogP contribution in [0.25, 0.3) is 11.1 Å². The molecule has 1 N–H and O–H groups in total. The van der Waals surface area contributed by atoms with Crippen molar-refractivity contribution in [3.63, 3.8) is 0 Å². The largest absolute Gasteiger partial charge is 0.467 e. The summed E-state index contributed by atoms with van der Waals surface area (Å²) in [6.45, 7) is 0. The Morgan fingerprint density at radius 1 is 1.14 bits per heavy atom. The number of alkyl halides is 3. The summed E-state index contributed by atoms with van der Waals surface area (Å²) in [5.74, 6) is -0.876. The van der Waals surface area contributed by atoms with Crippen LogP contribution in [0.4, 0.5) is 13.2 Å². The minimum absolute atomic E-state index is 0.189. The number of halogens is 3. The van der Waals surface area contributed by atoms with Crippen LogP contribution in [0.3, 0.4) is 0 Å². The lowest BCUT2D eigenvalue weighted by Gasteiger charge is -2.15. The zero-order valence-corrected chi connectivity index (χ0v) is 11.6. The van der Waals surface area contributed by atoms with E-state index in [9.17, 15) is 23.1 Å². The Labute approximate surface area is 125 Å². The third kappa shape index (κ3) is 3.28. The average molecular weight is 310 g/mol. The molecule has 2 rings (SSSR count). The first-order chi connectivity index (χ1) is 10.3. The van der Waals surface area contributed by atoms with Crippen molar-refractivity contribution in [1.29, 1.82) is 0 Å². The fraction of sp³-hybridized carbons (Fsp3) is 0.188. The monoisotopic (exact) mass is 310 g/mol. The molecule has 1 unspecified atom stereocenters. The van der Waals surface area contributed by atoms with Crippen LogP contribution in [0.1, 0.15) is 17.2 Å². The molecule has 0 bridgehead atoms. The maximum absolute atomic E-state index is 12.8. The third-order valence-electron chi connectivity index (χ3n) is 3.18. The van der Waals surface area contributed by atoms with Crippen molar-refractivity contribution in [2.45, 2.75) is 12.3 Å². The highest BCUT2D eigenvalue weighted by molar-refractivity contribution is 5.81. The van der Waals surface area contributed by atoms with E-state index >= 15 is 0 Å². The van der Waals surface area contributed by atoms with Crippen molar-refractivity contribution in [3.8, 4) is 11.1 Å². The quantitative estimate of drug-likeness (QED) is 0.882. The minimum atomic E-state index is -4.47. The molecule has 116 valence electrons. The fourth-order valence-electron chi connectivity index (χ4n) is 2.10. The lowest BCUT2D eigenvalue weighted by molar-refractivity contribution is -0.150. The number of esters is 1. The molecule has 2 aromatic carbocycles. The van der Waals surface area contributed by atoms with E-state index in [2.05, 4.69) is 4.74 Å². The Bertz CT molecular complexity index is 680. The van der Waals surface area contributed by atoms with Crippen molar-refractivity contribution < 1.29 is 27.8 Å². The van der Waals surface area contributed by atoms with Gasteiger partial charge in [0.15, 0.2) is 6.10 Å². The first-order valence-electron chi connectivity index (χ1n) is 6.37. The lowest BCUT2D eigenvalue weighted by Crippen LogP contribution is -2.14. The summed E-state index contributed by atoms with van der Waals surface area (Å²) in [7, 11) is 1.12. The molecule has 22 heavy (non-hydrogen) atoms. The highest BCUT2D eigenvalue weighted by Crippen LogP contribution is 2.34. The predicted molar refractivity (Wildman–Crippen MR) is 73.9 cm³/mol. The number of hydrogen-bond acceptors (Lipinski definition) is 3. The SMILES string of the molecule is COC(=O)C(O)c1ccccc1-c1cccc(C(F)(F)F)c1. The van der Waals surface area contributed by atoms with E-state index in [-0.39, 0.29) is 11.1 Å².